The molecule has 4 aromatic rings. The predicted molar refractivity (Wildman–Crippen MR) is 118 cm³/mol. The van der Waals surface area contributed by atoms with Crippen LogP contribution in [0.4, 0.5) is 4.39 Å². The van der Waals surface area contributed by atoms with Gasteiger partial charge in [0.15, 0.2) is 6.04 Å². The van der Waals surface area contributed by atoms with E-state index in [-0.39, 0.29) is 11.6 Å². The van der Waals surface area contributed by atoms with Gasteiger partial charge in [0.2, 0.25) is 0 Å². The topological polar surface area (TPSA) is 99.2 Å². The molecule has 0 bridgehead atoms. The molecule has 0 saturated heterocycles. The molecule has 1 N–H and O–H groups in total. The number of carbonyl (C=O) groups is 1. The number of halogens is 1. The second kappa shape index (κ2) is 8.34. The smallest absolute Gasteiger partial charge is 0.328 e. The van der Waals surface area contributed by atoms with E-state index < -0.39 is 23.4 Å². The average molecular weight is 446 g/mol. The molecule has 0 spiro atoms. The van der Waals surface area contributed by atoms with Gasteiger partial charge in [0.25, 0.3) is 5.56 Å². The highest BCUT2D eigenvalue weighted by Crippen LogP contribution is 2.34. The van der Waals surface area contributed by atoms with Gasteiger partial charge in [-0.05, 0) is 48.7 Å². The molecule has 2 aromatic carbocycles. The number of hydrogen-bond donors (Lipinski definition) is 1. The monoisotopic (exact) mass is 446 g/mol. The summed E-state index contributed by atoms with van der Waals surface area (Å²) in [5.41, 5.74) is 1.11. The van der Waals surface area contributed by atoms with E-state index >= 15 is 0 Å². The van der Waals surface area contributed by atoms with Crippen molar-refractivity contribution in [2.24, 2.45) is 0 Å². The van der Waals surface area contributed by atoms with Gasteiger partial charge in [0.1, 0.15) is 11.6 Å². The summed E-state index contributed by atoms with van der Waals surface area (Å²) in [6.45, 7) is 0.439. The Kier molecular flexibility index (Phi) is 5.21. The minimum Gasteiger partial charge on any atom is -0.480 e. The summed E-state index contributed by atoms with van der Waals surface area (Å²) >= 11 is 0. The number of benzene rings is 2. The fraction of sp³-hybridized carbons (Fsp3) is 0.167. The third-order valence-electron chi connectivity index (χ3n) is 5.57. The summed E-state index contributed by atoms with van der Waals surface area (Å²) in [5.74, 6) is -0.965. The molecule has 1 aliphatic rings. The van der Waals surface area contributed by atoms with Crippen LogP contribution >= 0.6 is 0 Å². The lowest BCUT2D eigenvalue weighted by molar-refractivity contribution is -0.142. The van der Waals surface area contributed by atoms with E-state index in [1.165, 1.54) is 35.1 Å². The molecule has 0 aliphatic carbocycles. The van der Waals surface area contributed by atoms with E-state index in [4.69, 9.17) is 4.74 Å². The molecule has 8 nitrogen and oxygen atoms in total. The lowest BCUT2D eigenvalue weighted by atomic mass is 10.0. The molecule has 3 heterocycles. The fourth-order valence-corrected chi connectivity index (χ4v) is 4.13. The zero-order valence-electron chi connectivity index (χ0n) is 17.4. The van der Waals surface area contributed by atoms with Crippen LogP contribution in [0.5, 0.6) is 11.8 Å². The van der Waals surface area contributed by atoms with Crippen LogP contribution in [-0.2, 0) is 11.3 Å². The van der Waals surface area contributed by atoms with Crippen LogP contribution in [0.3, 0.4) is 0 Å². The van der Waals surface area contributed by atoms with E-state index in [0.29, 0.717) is 42.1 Å². The molecule has 0 saturated carbocycles. The number of carboxylic acids is 1. The second-order valence-electron chi connectivity index (χ2n) is 7.64. The molecule has 0 fully saturated rings. The van der Waals surface area contributed by atoms with Crippen molar-refractivity contribution in [3.63, 3.8) is 0 Å². The number of fused-ring (bicyclic) bond motifs is 1. The maximum absolute atomic E-state index is 13.6. The molecule has 2 aromatic heterocycles. The van der Waals surface area contributed by atoms with E-state index in [1.807, 2.05) is 18.2 Å². The van der Waals surface area contributed by atoms with Crippen molar-refractivity contribution >= 4 is 5.97 Å². The van der Waals surface area contributed by atoms with Crippen molar-refractivity contribution in [3.05, 3.63) is 83.0 Å². The first kappa shape index (κ1) is 20.6. The third kappa shape index (κ3) is 3.78. The summed E-state index contributed by atoms with van der Waals surface area (Å²) in [7, 11) is 0. The highest BCUT2D eigenvalue weighted by Gasteiger charge is 2.33. The molecular formula is C24H19FN4O4. The number of rotatable bonds is 5. The quantitative estimate of drug-likeness (QED) is 0.495. The number of para-hydroxylation sites is 1. The molecule has 0 unspecified atom stereocenters. The van der Waals surface area contributed by atoms with Crippen molar-refractivity contribution in [3.8, 4) is 34.3 Å². The molecule has 33 heavy (non-hydrogen) atoms. The van der Waals surface area contributed by atoms with Gasteiger partial charge in [-0.2, -0.15) is 4.98 Å². The highest BCUT2D eigenvalue weighted by molar-refractivity contribution is 5.80. The third-order valence-corrected chi connectivity index (χ3v) is 5.57. The molecule has 9 heteroatoms. The second-order valence-corrected chi connectivity index (χ2v) is 7.64. The number of hydrogen-bond acceptors (Lipinski definition) is 5. The Hall–Kier alpha value is -4.27. The highest BCUT2D eigenvalue weighted by atomic mass is 19.1. The van der Waals surface area contributed by atoms with Gasteiger partial charge in [-0.25, -0.2) is 18.9 Å². The van der Waals surface area contributed by atoms with Crippen LogP contribution < -0.4 is 10.3 Å². The number of ether oxygens (including phenoxy) is 1. The lowest BCUT2D eigenvalue weighted by Gasteiger charge is -2.25. The van der Waals surface area contributed by atoms with Crippen molar-refractivity contribution in [2.45, 2.75) is 25.4 Å². The van der Waals surface area contributed by atoms with Crippen LogP contribution in [0.1, 0.15) is 18.9 Å². The number of nitrogens with zero attached hydrogens (tertiary/aromatic N) is 4. The summed E-state index contributed by atoms with van der Waals surface area (Å²) < 4.78 is 22.2. The van der Waals surface area contributed by atoms with Crippen LogP contribution in [0, 0.1) is 5.82 Å². The summed E-state index contributed by atoms with van der Waals surface area (Å²) in [5, 5.41) is 9.73. The summed E-state index contributed by atoms with van der Waals surface area (Å²) in [6.07, 6.45) is 2.44. The van der Waals surface area contributed by atoms with Crippen LogP contribution in [0.2, 0.25) is 0 Å². The Morgan fingerprint density at radius 3 is 2.58 bits per heavy atom. The van der Waals surface area contributed by atoms with Crippen molar-refractivity contribution < 1.29 is 19.0 Å². The van der Waals surface area contributed by atoms with Crippen molar-refractivity contribution in [1.29, 1.82) is 0 Å². The van der Waals surface area contributed by atoms with Crippen molar-refractivity contribution in [1.82, 2.24) is 19.3 Å². The number of aromatic nitrogens is 4. The van der Waals surface area contributed by atoms with Gasteiger partial charge in [0.05, 0.1) is 17.0 Å². The Bertz CT molecular complexity index is 1380. The molecular weight excluding hydrogens is 427 g/mol. The Morgan fingerprint density at radius 2 is 1.85 bits per heavy atom. The van der Waals surface area contributed by atoms with Crippen LogP contribution in [-0.4, -0.2) is 30.4 Å². The van der Waals surface area contributed by atoms with E-state index in [0.717, 1.165) is 0 Å². The first-order valence-corrected chi connectivity index (χ1v) is 10.4. The fourth-order valence-electron chi connectivity index (χ4n) is 4.13. The molecule has 1 atom stereocenters. The average Bonchev–Trinajstić information content (AvgIpc) is 3.13. The Morgan fingerprint density at radius 1 is 1.09 bits per heavy atom. The largest absolute Gasteiger partial charge is 0.480 e. The molecule has 0 radical (unpaired) electrons. The number of carboxylic acid groups (broad SMARTS) is 1. The van der Waals surface area contributed by atoms with Crippen LogP contribution in [0.15, 0.2) is 71.7 Å². The SMILES string of the molecule is O=C(O)[C@H]1CCCn2c(-c3ccnc(Oc4ccccc4)n3)c(-c3ccc(F)cc3)c(=O)n21. The minimum atomic E-state index is -1.08. The standard InChI is InChI=1S/C24H19FN4O4/c25-16-10-8-15(9-11-16)20-21(28-14-4-7-19(23(31)32)29(28)22(20)30)18-12-13-26-24(27-18)33-17-5-2-1-3-6-17/h1-3,5-6,8-13,19H,4,7,14H2,(H,31,32)/t19-/m1/s1. The molecule has 0 amide bonds. The predicted octanol–water partition coefficient (Wildman–Crippen LogP) is 4.12. The van der Waals surface area contributed by atoms with Crippen LogP contribution in [0.25, 0.3) is 22.5 Å². The normalized spacial score (nSPS) is 15.1. The molecule has 5 rings (SSSR count). The zero-order valence-corrected chi connectivity index (χ0v) is 17.4. The van der Waals surface area contributed by atoms with E-state index in [9.17, 15) is 19.1 Å². The minimum absolute atomic E-state index is 0.0855. The molecule has 166 valence electrons. The first-order chi connectivity index (χ1) is 16.0. The van der Waals surface area contributed by atoms with E-state index in [2.05, 4.69) is 9.97 Å². The number of aliphatic carboxylic acids is 1. The van der Waals surface area contributed by atoms with E-state index in [1.54, 1.807) is 22.9 Å². The van der Waals surface area contributed by atoms with Gasteiger partial charge in [-0.3, -0.25) is 9.48 Å². The maximum Gasteiger partial charge on any atom is 0.328 e. The van der Waals surface area contributed by atoms with Gasteiger partial charge in [-0.1, -0.05) is 30.3 Å². The molecule has 1 aliphatic heterocycles. The van der Waals surface area contributed by atoms with Gasteiger partial charge < -0.3 is 9.84 Å². The zero-order chi connectivity index (χ0) is 22.9. The summed E-state index contributed by atoms with van der Waals surface area (Å²) in [4.78, 5) is 34.1. The lowest BCUT2D eigenvalue weighted by Crippen LogP contribution is -2.36. The first-order valence-electron chi connectivity index (χ1n) is 10.4. The van der Waals surface area contributed by atoms with Gasteiger partial charge in [0, 0.05) is 12.7 Å². The van der Waals surface area contributed by atoms with Gasteiger partial charge in [-0.15, -0.1) is 0 Å². The Balaban J connectivity index is 1.71. The van der Waals surface area contributed by atoms with Crippen molar-refractivity contribution in [2.75, 3.05) is 0 Å². The summed E-state index contributed by atoms with van der Waals surface area (Å²) in [6, 6.07) is 15.3. The van der Waals surface area contributed by atoms with Gasteiger partial charge >= 0.3 is 12.0 Å². The maximum atomic E-state index is 13.6. The Labute approximate surface area is 187 Å².